The van der Waals surface area contributed by atoms with E-state index in [9.17, 15) is 13.2 Å². The van der Waals surface area contributed by atoms with Gasteiger partial charge >= 0.3 is 6.18 Å². The van der Waals surface area contributed by atoms with E-state index >= 15 is 0 Å². The Morgan fingerprint density at radius 1 is 1.29 bits per heavy atom. The van der Waals surface area contributed by atoms with Crippen LogP contribution in [-0.2, 0) is 10.9 Å². The van der Waals surface area contributed by atoms with Crippen LogP contribution in [-0.4, -0.2) is 19.3 Å². The minimum absolute atomic E-state index is 0.0570. The molecule has 0 aromatic heterocycles. The van der Waals surface area contributed by atoms with E-state index in [1.54, 1.807) is 6.07 Å². The second-order valence-corrected chi connectivity index (χ2v) is 5.42. The second-order valence-electron chi connectivity index (χ2n) is 5.42. The molecule has 1 fully saturated rings. The van der Waals surface area contributed by atoms with Gasteiger partial charge in [-0.3, -0.25) is 0 Å². The van der Waals surface area contributed by atoms with Crippen molar-refractivity contribution in [2.24, 2.45) is 5.92 Å². The first kappa shape index (κ1) is 16.3. The van der Waals surface area contributed by atoms with Crippen molar-refractivity contribution in [1.29, 1.82) is 0 Å². The number of alkyl halides is 3. The zero-order valence-corrected chi connectivity index (χ0v) is 12.4. The fourth-order valence-corrected chi connectivity index (χ4v) is 2.67. The molecule has 118 valence electrons. The van der Waals surface area contributed by atoms with Gasteiger partial charge in [0, 0.05) is 6.61 Å². The predicted molar refractivity (Wildman–Crippen MR) is 76.0 cm³/mol. The lowest BCUT2D eigenvalue weighted by Crippen LogP contribution is -2.35. The number of likely N-dealkylation sites (N-methyl/N-ethyl adjacent to an activating group) is 1. The molecule has 1 aliphatic carbocycles. The normalized spacial score (nSPS) is 18.5. The molecule has 0 saturated heterocycles. The van der Waals surface area contributed by atoms with Crippen molar-refractivity contribution in [2.75, 3.05) is 13.2 Å². The van der Waals surface area contributed by atoms with Gasteiger partial charge in [-0.15, -0.1) is 0 Å². The van der Waals surface area contributed by atoms with E-state index in [1.165, 1.54) is 12.1 Å². The smallest absolute Gasteiger partial charge is 0.376 e. The van der Waals surface area contributed by atoms with Gasteiger partial charge in [-0.1, -0.05) is 19.1 Å². The molecule has 2 nitrogen and oxygen atoms in total. The first-order chi connectivity index (χ1) is 9.97. The van der Waals surface area contributed by atoms with Crippen LogP contribution in [0.4, 0.5) is 13.2 Å². The van der Waals surface area contributed by atoms with Crippen LogP contribution in [0.1, 0.15) is 43.9 Å². The van der Waals surface area contributed by atoms with Crippen molar-refractivity contribution in [1.82, 2.24) is 5.32 Å². The minimum Gasteiger partial charge on any atom is -0.376 e. The van der Waals surface area contributed by atoms with Gasteiger partial charge in [0.1, 0.15) is 0 Å². The zero-order chi connectivity index (χ0) is 15.5. The Morgan fingerprint density at radius 3 is 2.52 bits per heavy atom. The van der Waals surface area contributed by atoms with Crippen LogP contribution in [0.5, 0.6) is 0 Å². The Balaban J connectivity index is 2.28. The largest absolute Gasteiger partial charge is 0.416 e. The van der Waals surface area contributed by atoms with Gasteiger partial charge in [0.05, 0.1) is 17.7 Å². The predicted octanol–water partition coefficient (Wildman–Crippen LogP) is 4.17. The summed E-state index contributed by atoms with van der Waals surface area (Å²) in [4.78, 5) is 0. The SMILES string of the molecule is CCNC(c1cccc(C(F)(F)F)c1)C(OCC)C1CC1. The number of hydrogen-bond acceptors (Lipinski definition) is 2. The summed E-state index contributed by atoms with van der Waals surface area (Å²) in [6.45, 7) is 5.14. The number of ether oxygens (including phenoxy) is 1. The fourth-order valence-electron chi connectivity index (χ4n) is 2.67. The molecule has 1 aromatic rings. The number of rotatable bonds is 7. The molecular weight excluding hydrogens is 279 g/mol. The summed E-state index contributed by atoms with van der Waals surface area (Å²) >= 11 is 0. The Kier molecular flexibility index (Phi) is 5.27. The van der Waals surface area contributed by atoms with E-state index in [4.69, 9.17) is 4.74 Å². The van der Waals surface area contributed by atoms with Crippen LogP contribution in [0.25, 0.3) is 0 Å². The lowest BCUT2D eigenvalue weighted by molar-refractivity contribution is -0.137. The van der Waals surface area contributed by atoms with Gasteiger partial charge in [-0.05, 0) is 49.9 Å². The van der Waals surface area contributed by atoms with E-state index in [1.807, 2.05) is 13.8 Å². The standard InChI is InChI=1S/C16H22F3NO/c1-3-20-14(15(21-4-2)11-8-9-11)12-6-5-7-13(10-12)16(17,18)19/h5-7,10-11,14-15,20H,3-4,8-9H2,1-2H3. The molecule has 1 aliphatic rings. The Bertz CT molecular complexity index is 457. The highest BCUT2D eigenvalue weighted by Gasteiger charge is 2.38. The number of benzene rings is 1. The summed E-state index contributed by atoms with van der Waals surface area (Å²) < 4.78 is 44.5. The van der Waals surface area contributed by atoms with E-state index in [2.05, 4.69) is 5.32 Å². The first-order valence-corrected chi connectivity index (χ1v) is 7.49. The maximum absolute atomic E-state index is 12.9. The summed E-state index contributed by atoms with van der Waals surface area (Å²) in [5.41, 5.74) is 0.0472. The molecule has 0 radical (unpaired) electrons. The quantitative estimate of drug-likeness (QED) is 0.816. The van der Waals surface area contributed by atoms with Crippen molar-refractivity contribution < 1.29 is 17.9 Å². The third-order valence-electron chi connectivity index (χ3n) is 3.77. The Labute approximate surface area is 123 Å². The molecule has 0 bridgehead atoms. The van der Waals surface area contributed by atoms with Crippen LogP contribution in [0.15, 0.2) is 24.3 Å². The summed E-state index contributed by atoms with van der Waals surface area (Å²) in [6.07, 6.45) is -2.19. The van der Waals surface area contributed by atoms with Crippen LogP contribution >= 0.6 is 0 Å². The molecule has 0 heterocycles. The van der Waals surface area contributed by atoms with Crippen molar-refractivity contribution in [2.45, 2.75) is 45.0 Å². The lowest BCUT2D eigenvalue weighted by Gasteiger charge is -2.28. The van der Waals surface area contributed by atoms with Gasteiger partial charge in [0.15, 0.2) is 0 Å². The third-order valence-corrected chi connectivity index (χ3v) is 3.77. The maximum atomic E-state index is 12.9. The van der Waals surface area contributed by atoms with E-state index < -0.39 is 11.7 Å². The van der Waals surface area contributed by atoms with E-state index in [0.717, 1.165) is 18.9 Å². The molecule has 0 aliphatic heterocycles. The van der Waals surface area contributed by atoms with Crippen LogP contribution in [0.2, 0.25) is 0 Å². The monoisotopic (exact) mass is 301 g/mol. The van der Waals surface area contributed by atoms with Crippen LogP contribution < -0.4 is 5.32 Å². The van der Waals surface area contributed by atoms with Crippen molar-refractivity contribution in [3.8, 4) is 0 Å². The number of nitrogens with one attached hydrogen (secondary N) is 1. The molecule has 1 saturated carbocycles. The maximum Gasteiger partial charge on any atom is 0.416 e. The molecule has 0 amide bonds. The molecular formula is C16H22F3NO. The molecule has 5 heteroatoms. The zero-order valence-electron chi connectivity index (χ0n) is 12.4. The first-order valence-electron chi connectivity index (χ1n) is 7.49. The molecule has 2 atom stereocenters. The molecule has 21 heavy (non-hydrogen) atoms. The topological polar surface area (TPSA) is 21.3 Å². The molecule has 2 rings (SSSR count). The number of hydrogen-bond donors (Lipinski definition) is 1. The molecule has 1 aromatic carbocycles. The van der Waals surface area contributed by atoms with Crippen molar-refractivity contribution >= 4 is 0 Å². The lowest BCUT2D eigenvalue weighted by atomic mass is 9.96. The summed E-state index contributed by atoms with van der Waals surface area (Å²) in [6, 6.07) is 5.38. The third kappa shape index (κ3) is 4.20. The summed E-state index contributed by atoms with van der Waals surface area (Å²) in [7, 11) is 0. The van der Waals surface area contributed by atoms with E-state index in [-0.39, 0.29) is 12.1 Å². The van der Waals surface area contributed by atoms with Crippen molar-refractivity contribution in [3.05, 3.63) is 35.4 Å². The Hall–Kier alpha value is -1.07. The van der Waals surface area contributed by atoms with Gasteiger partial charge in [-0.2, -0.15) is 13.2 Å². The van der Waals surface area contributed by atoms with Gasteiger partial charge < -0.3 is 10.1 Å². The van der Waals surface area contributed by atoms with Crippen LogP contribution in [0, 0.1) is 5.92 Å². The highest BCUT2D eigenvalue weighted by molar-refractivity contribution is 5.29. The minimum atomic E-state index is -4.31. The second kappa shape index (κ2) is 6.79. The fraction of sp³-hybridized carbons (Fsp3) is 0.625. The van der Waals surface area contributed by atoms with E-state index in [0.29, 0.717) is 24.6 Å². The summed E-state index contributed by atoms with van der Waals surface area (Å²) in [5, 5.41) is 3.29. The number of halogens is 3. The molecule has 2 unspecified atom stereocenters. The highest BCUT2D eigenvalue weighted by atomic mass is 19.4. The summed E-state index contributed by atoms with van der Waals surface area (Å²) in [5.74, 6) is 0.448. The molecule has 0 spiro atoms. The average molecular weight is 301 g/mol. The molecule has 1 N–H and O–H groups in total. The van der Waals surface area contributed by atoms with Crippen molar-refractivity contribution in [3.63, 3.8) is 0 Å². The van der Waals surface area contributed by atoms with Gasteiger partial charge in [-0.25, -0.2) is 0 Å². The highest BCUT2D eigenvalue weighted by Crippen LogP contribution is 2.41. The van der Waals surface area contributed by atoms with Crippen LogP contribution in [0.3, 0.4) is 0 Å². The van der Waals surface area contributed by atoms with Gasteiger partial charge in [0.2, 0.25) is 0 Å². The average Bonchev–Trinajstić information content (AvgIpc) is 3.26. The van der Waals surface area contributed by atoms with Gasteiger partial charge in [0.25, 0.3) is 0 Å². The Morgan fingerprint density at radius 2 is 2.00 bits per heavy atom.